The number of likely N-dealkylation sites (N-methyl/N-ethyl adjacent to an activating group) is 1. The second kappa shape index (κ2) is 19.4. The molecule has 35 heavy (non-hydrogen) atoms. The molecule has 2 atom stereocenters. The Labute approximate surface area is 224 Å². The van der Waals surface area contributed by atoms with Gasteiger partial charge in [-0.1, -0.05) is 87.6 Å². The lowest BCUT2D eigenvalue weighted by Crippen LogP contribution is -2.41. The lowest BCUT2D eigenvalue weighted by Gasteiger charge is -2.24. The van der Waals surface area contributed by atoms with Gasteiger partial charge in [-0.05, 0) is 37.4 Å². The molecule has 198 valence electrons. The van der Waals surface area contributed by atoms with Crippen LogP contribution in [0.1, 0.15) is 75.3 Å². The highest BCUT2D eigenvalue weighted by atomic mass is 35.5. The summed E-state index contributed by atoms with van der Waals surface area (Å²) < 4.78 is 6.35. The van der Waals surface area contributed by atoms with E-state index < -0.39 is 6.04 Å². The van der Waals surface area contributed by atoms with E-state index in [4.69, 9.17) is 16.2 Å². The minimum atomic E-state index is -0.486. The number of hydrogen-bond donors (Lipinski definition) is 2. The fourth-order valence-electron chi connectivity index (χ4n) is 4.10. The number of ether oxygens (including phenoxy) is 1. The van der Waals surface area contributed by atoms with Crippen LogP contribution in [0.25, 0.3) is 0 Å². The van der Waals surface area contributed by atoms with Crippen LogP contribution in [0.3, 0.4) is 0 Å². The molecule has 0 aliphatic heterocycles. The van der Waals surface area contributed by atoms with E-state index in [1.807, 2.05) is 31.3 Å². The van der Waals surface area contributed by atoms with Crippen LogP contribution in [-0.4, -0.2) is 37.0 Å². The molecule has 0 aliphatic rings. The molecule has 0 aromatic heterocycles. The zero-order valence-electron chi connectivity index (χ0n) is 21.4. The zero-order chi connectivity index (χ0) is 23.9. The second-order valence-corrected chi connectivity index (χ2v) is 8.96. The van der Waals surface area contributed by atoms with Gasteiger partial charge in [0, 0.05) is 25.1 Å². The molecule has 2 aromatic carbocycles. The summed E-state index contributed by atoms with van der Waals surface area (Å²) in [6.07, 6.45) is 8.52. The predicted molar refractivity (Wildman–Crippen MR) is 152 cm³/mol. The van der Waals surface area contributed by atoms with Gasteiger partial charge < -0.3 is 21.1 Å². The van der Waals surface area contributed by atoms with Gasteiger partial charge in [-0.15, -0.1) is 24.8 Å². The molecular weight excluding hydrogens is 481 g/mol. The zero-order valence-corrected chi connectivity index (χ0v) is 23.0. The maximum atomic E-state index is 12.7. The minimum Gasteiger partial charge on any atom is -0.493 e. The molecule has 0 saturated carbocycles. The van der Waals surface area contributed by atoms with Gasteiger partial charge in [0.2, 0.25) is 5.91 Å². The van der Waals surface area contributed by atoms with Crippen LogP contribution in [0.2, 0.25) is 0 Å². The van der Waals surface area contributed by atoms with Crippen LogP contribution < -0.4 is 16.2 Å². The van der Waals surface area contributed by atoms with Crippen molar-refractivity contribution in [2.24, 2.45) is 11.5 Å². The number of rotatable bonds is 16. The Kier molecular flexibility index (Phi) is 18.4. The number of hydrogen-bond acceptors (Lipinski definition) is 4. The van der Waals surface area contributed by atoms with Gasteiger partial charge in [0.1, 0.15) is 5.75 Å². The third kappa shape index (κ3) is 12.1. The van der Waals surface area contributed by atoms with Crippen LogP contribution in [0.15, 0.2) is 54.6 Å². The number of benzene rings is 2. The SMILES string of the molecule is CCCCCCC(COc1ccccc1CN(C)C(=O)C(N)CCCCN)c1ccccc1.Cl.Cl. The van der Waals surface area contributed by atoms with Crippen LogP contribution in [-0.2, 0) is 11.3 Å². The van der Waals surface area contributed by atoms with Crippen LogP contribution >= 0.6 is 24.8 Å². The van der Waals surface area contributed by atoms with Crippen molar-refractivity contribution in [2.45, 2.75) is 76.8 Å². The fraction of sp³-hybridized carbons (Fsp3) is 0.536. The smallest absolute Gasteiger partial charge is 0.239 e. The summed E-state index contributed by atoms with van der Waals surface area (Å²) in [5.41, 5.74) is 14.0. The van der Waals surface area contributed by atoms with Crippen molar-refractivity contribution in [1.29, 1.82) is 0 Å². The van der Waals surface area contributed by atoms with Crippen LogP contribution in [0.5, 0.6) is 5.75 Å². The monoisotopic (exact) mass is 525 g/mol. The molecule has 4 N–H and O–H groups in total. The molecule has 2 aromatic rings. The Bertz CT molecular complexity index is 808. The highest BCUT2D eigenvalue weighted by Gasteiger charge is 2.19. The molecule has 5 nitrogen and oxygen atoms in total. The number of carbonyl (C=O) groups excluding carboxylic acids is 1. The van der Waals surface area contributed by atoms with E-state index in [9.17, 15) is 4.79 Å². The normalized spacial score (nSPS) is 12.1. The topological polar surface area (TPSA) is 81.6 Å². The van der Waals surface area contributed by atoms with Crippen molar-refractivity contribution < 1.29 is 9.53 Å². The molecule has 0 saturated heterocycles. The summed E-state index contributed by atoms with van der Waals surface area (Å²) >= 11 is 0. The Morgan fingerprint density at radius 1 is 0.914 bits per heavy atom. The molecule has 2 rings (SSSR count). The molecule has 1 amide bonds. The minimum absolute atomic E-state index is 0. The molecule has 0 bridgehead atoms. The molecule has 0 heterocycles. The van der Waals surface area contributed by atoms with E-state index in [0.29, 0.717) is 32.0 Å². The number of nitrogens with zero attached hydrogens (tertiary/aromatic N) is 1. The summed E-state index contributed by atoms with van der Waals surface area (Å²) in [5.74, 6) is 1.15. The summed E-state index contributed by atoms with van der Waals surface area (Å²) in [5, 5.41) is 0. The number of para-hydroxylation sites is 1. The highest BCUT2D eigenvalue weighted by molar-refractivity contribution is 5.85. The standard InChI is InChI=1S/C28H43N3O2.2ClH/c1-3-4-5-7-17-25(23-14-8-6-9-15-23)22-33-27-19-11-10-16-24(27)21-31(2)28(32)26(30)18-12-13-20-29;;/h6,8-11,14-16,19,25-26H,3-5,7,12-13,17-18,20-22,29-30H2,1-2H3;2*1H. The molecule has 0 radical (unpaired) electrons. The van der Waals surface area contributed by atoms with Gasteiger partial charge >= 0.3 is 0 Å². The van der Waals surface area contributed by atoms with E-state index in [2.05, 4.69) is 37.3 Å². The van der Waals surface area contributed by atoms with Crippen LogP contribution in [0.4, 0.5) is 0 Å². The largest absolute Gasteiger partial charge is 0.493 e. The Hall–Kier alpha value is -1.79. The van der Waals surface area contributed by atoms with Gasteiger partial charge in [0.05, 0.1) is 12.6 Å². The molecule has 0 spiro atoms. The third-order valence-corrected chi connectivity index (χ3v) is 6.16. The van der Waals surface area contributed by atoms with Crippen molar-refractivity contribution in [1.82, 2.24) is 4.90 Å². The number of carbonyl (C=O) groups is 1. The summed E-state index contributed by atoms with van der Waals surface area (Å²) in [6.45, 7) is 3.98. The summed E-state index contributed by atoms with van der Waals surface area (Å²) in [7, 11) is 1.81. The second-order valence-electron chi connectivity index (χ2n) is 8.96. The molecule has 2 unspecified atom stereocenters. The predicted octanol–water partition coefficient (Wildman–Crippen LogP) is 6.08. The maximum absolute atomic E-state index is 12.7. The average molecular weight is 527 g/mol. The first-order valence-corrected chi connectivity index (χ1v) is 12.5. The van der Waals surface area contributed by atoms with Crippen molar-refractivity contribution in [3.63, 3.8) is 0 Å². The number of nitrogens with two attached hydrogens (primary N) is 2. The molecule has 7 heteroatoms. The highest BCUT2D eigenvalue weighted by Crippen LogP contribution is 2.26. The van der Waals surface area contributed by atoms with E-state index in [1.54, 1.807) is 4.90 Å². The van der Waals surface area contributed by atoms with Crippen molar-refractivity contribution in [3.8, 4) is 5.75 Å². The Balaban J connectivity index is 0.00000578. The van der Waals surface area contributed by atoms with E-state index in [-0.39, 0.29) is 30.7 Å². The maximum Gasteiger partial charge on any atom is 0.239 e. The lowest BCUT2D eigenvalue weighted by molar-refractivity contribution is -0.132. The van der Waals surface area contributed by atoms with E-state index in [1.165, 1.54) is 31.2 Å². The number of amides is 1. The molecule has 0 aliphatic carbocycles. The Morgan fingerprint density at radius 2 is 1.57 bits per heavy atom. The van der Waals surface area contributed by atoms with Crippen molar-refractivity contribution in [2.75, 3.05) is 20.2 Å². The first-order chi connectivity index (χ1) is 16.1. The average Bonchev–Trinajstić information content (AvgIpc) is 2.84. The van der Waals surface area contributed by atoms with Gasteiger partial charge in [0.15, 0.2) is 0 Å². The van der Waals surface area contributed by atoms with E-state index >= 15 is 0 Å². The Morgan fingerprint density at radius 3 is 2.26 bits per heavy atom. The van der Waals surface area contributed by atoms with Gasteiger partial charge in [-0.2, -0.15) is 0 Å². The lowest BCUT2D eigenvalue weighted by atomic mass is 9.93. The number of unbranched alkanes of at least 4 members (excludes halogenated alkanes) is 4. The first kappa shape index (κ1) is 33.2. The van der Waals surface area contributed by atoms with Gasteiger partial charge in [0.25, 0.3) is 0 Å². The van der Waals surface area contributed by atoms with Crippen molar-refractivity contribution >= 4 is 30.7 Å². The van der Waals surface area contributed by atoms with Crippen LogP contribution in [0, 0.1) is 0 Å². The fourth-order valence-corrected chi connectivity index (χ4v) is 4.10. The van der Waals surface area contributed by atoms with Gasteiger partial charge in [-0.25, -0.2) is 0 Å². The number of halogens is 2. The van der Waals surface area contributed by atoms with Gasteiger partial charge in [-0.3, -0.25) is 4.79 Å². The summed E-state index contributed by atoms with van der Waals surface area (Å²) in [6, 6.07) is 18.1. The van der Waals surface area contributed by atoms with E-state index in [0.717, 1.165) is 30.6 Å². The molecule has 0 fully saturated rings. The third-order valence-electron chi connectivity index (χ3n) is 6.16. The van der Waals surface area contributed by atoms with Crippen molar-refractivity contribution in [3.05, 3.63) is 65.7 Å². The quantitative estimate of drug-likeness (QED) is 0.260. The first-order valence-electron chi connectivity index (χ1n) is 12.5. The molecular formula is C28H45Cl2N3O2. The summed E-state index contributed by atoms with van der Waals surface area (Å²) in [4.78, 5) is 14.4.